The van der Waals surface area contributed by atoms with Crippen LogP contribution in [0, 0.1) is 0 Å². The molecule has 0 amide bonds. The van der Waals surface area contributed by atoms with Crippen LogP contribution in [-0.2, 0) is 5.67 Å². The summed E-state index contributed by atoms with van der Waals surface area (Å²) in [6.45, 7) is 0. The number of nitrogens with zero attached hydrogens (tertiary/aromatic N) is 1. The van der Waals surface area contributed by atoms with Crippen LogP contribution in [-0.4, -0.2) is 22.6 Å². The van der Waals surface area contributed by atoms with Crippen LogP contribution in [0.4, 0.5) is 17.6 Å². The largest absolute Gasteiger partial charge is 0.574 e. The average molecular weight is 251 g/mol. The van der Waals surface area contributed by atoms with Gasteiger partial charge < -0.3 is 9.84 Å². The van der Waals surface area contributed by atoms with E-state index >= 15 is 0 Å². The van der Waals surface area contributed by atoms with E-state index in [0.29, 0.717) is 0 Å². The molecule has 1 aliphatic carbocycles. The number of halogens is 4. The maximum absolute atomic E-state index is 14.1. The molecule has 1 fully saturated rings. The summed E-state index contributed by atoms with van der Waals surface area (Å²) in [7, 11) is 0. The van der Waals surface area contributed by atoms with Gasteiger partial charge in [0.05, 0.1) is 11.7 Å². The first-order valence-electron chi connectivity index (χ1n) is 4.88. The number of ether oxygens (including phenoxy) is 1. The van der Waals surface area contributed by atoms with Crippen LogP contribution >= 0.6 is 0 Å². The SMILES string of the molecule is OC1CC(F)(c2cccnc2OC(F)(F)F)C1. The van der Waals surface area contributed by atoms with Gasteiger partial charge in [-0.2, -0.15) is 0 Å². The molecule has 94 valence electrons. The molecule has 0 aromatic carbocycles. The van der Waals surface area contributed by atoms with Crippen molar-refractivity contribution in [3.8, 4) is 5.88 Å². The van der Waals surface area contributed by atoms with Crippen molar-refractivity contribution < 1.29 is 27.4 Å². The Bertz CT molecular complexity index is 415. The number of aliphatic hydroxyl groups is 1. The fourth-order valence-corrected chi connectivity index (χ4v) is 1.83. The van der Waals surface area contributed by atoms with Crippen molar-refractivity contribution in [3.63, 3.8) is 0 Å². The van der Waals surface area contributed by atoms with Crippen LogP contribution in [0.5, 0.6) is 5.88 Å². The van der Waals surface area contributed by atoms with Gasteiger partial charge in [0.25, 0.3) is 0 Å². The second-order valence-corrected chi connectivity index (χ2v) is 3.93. The Hall–Kier alpha value is -1.37. The molecule has 0 spiro atoms. The predicted molar refractivity (Wildman–Crippen MR) is 48.9 cm³/mol. The number of hydrogen-bond acceptors (Lipinski definition) is 3. The lowest BCUT2D eigenvalue weighted by Crippen LogP contribution is -2.41. The van der Waals surface area contributed by atoms with Gasteiger partial charge in [-0.25, -0.2) is 9.37 Å². The van der Waals surface area contributed by atoms with Crippen LogP contribution in [0.25, 0.3) is 0 Å². The van der Waals surface area contributed by atoms with Crippen LogP contribution in [0.2, 0.25) is 0 Å². The molecule has 1 aromatic heterocycles. The quantitative estimate of drug-likeness (QED) is 0.820. The molecule has 2 rings (SSSR count). The van der Waals surface area contributed by atoms with Crippen molar-refractivity contribution in [1.82, 2.24) is 4.98 Å². The molecule has 3 nitrogen and oxygen atoms in total. The van der Waals surface area contributed by atoms with Crippen molar-refractivity contribution in [2.24, 2.45) is 0 Å². The molecular weight excluding hydrogens is 242 g/mol. The van der Waals surface area contributed by atoms with Crippen LogP contribution in [0.1, 0.15) is 18.4 Å². The standard InChI is InChI=1S/C10H9F4NO2/c11-9(4-6(16)5-9)7-2-1-3-15-8(7)17-10(12,13)14/h1-3,6,16H,4-5H2. The maximum Gasteiger partial charge on any atom is 0.574 e. The van der Waals surface area contributed by atoms with E-state index in [1.165, 1.54) is 12.1 Å². The zero-order valence-electron chi connectivity index (χ0n) is 8.54. The molecule has 0 atom stereocenters. The summed E-state index contributed by atoms with van der Waals surface area (Å²) in [5.74, 6) is -0.797. The molecule has 0 aliphatic heterocycles. The Morgan fingerprint density at radius 1 is 1.41 bits per heavy atom. The normalized spacial score (nSPS) is 28.6. The molecule has 1 aliphatic rings. The molecule has 1 heterocycles. The van der Waals surface area contributed by atoms with Gasteiger partial charge in [-0.3, -0.25) is 0 Å². The summed E-state index contributed by atoms with van der Waals surface area (Å²) in [4.78, 5) is 3.37. The van der Waals surface area contributed by atoms with E-state index < -0.39 is 24.0 Å². The van der Waals surface area contributed by atoms with Crippen LogP contribution in [0.15, 0.2) is 18.3 Å². The first kappa shape index (κ1) is 12.1. The zero-order valence-corrected chi connectivity index (χ0v) is 8.54. The van der Waals surface area contributed by atoms with E-state index in [4.69, 9.17) is 5.11 Å². The second-order valence-electron chi connectivity index (χ2n) is 3.93. The smallest absolute Gasteiger partial charge is 0.393 e. The number of aliphatic hydroxyl groups excluding tert-OH is 1. The third-order valence-corrected chi connectivity index (χ3v) is 2.58. The molecule has 7 heteroatoms. The number of alkyl halides is 4. The third-order valence-electron chi connectivity index (χ3n) is 2.58. The monoisotopic (exact) mass is 251 g/mol. The van der Waals surface area contributed by atoms with Gasteiger partial charge in [-0.05, 0) is 12.1 Å². The summed E-state index contributed by atoms with van der Waals surface area (Å²) in [5, 5.41) is 9.04. The highest BCUT2D eigenvalue weighted by Gasteiger charge is 2.48. The lowest BCUT2D eigenvalue weighted by molar-refractivity contribution is -0.277. The Kier molecular flexibility index (Phi) is 2.73. The van der Waals surface area contributed by atoms with Crippen LogP contribution in [0.3, 0.4) is 0 Å². The van der Waals surface area contributed by atoms with Crippen molar-refractivity contribution in [2.45, 2.75) is 31.0 Å². The molecule has 1 saturated carbocycles. The summed E-state index contributed by atoms with van der Waals surface area (Å²) < 4.78 is 54.0. The Labute approximate surface area is 94.0 Å². The van der Waals surface area contributed by atoms with Gasteiger partial charge in [-0.15, -0.1) is 13.2 Å². The summed E-state index contributed by atoms with van der Waals surface area (Å²) in [6.07, 6.45) is -5.15. The summed E-state index contributed by atoms with van der Waals surface area (Å²) in [5.41, 5.74) is -2.27. The topological polar surface area (TPSA) is 42.4 Å². The molecule has 1 aromatic rings. The van der Waals surface area contributed by atoms with Gasteiger partial charge in [0, 0.05) is 19.0 Å². The van der Waals surface area contributed by atoms with Gasteiger partial charge in [-0.1, -0.05) is 0 Å². The van der Waals surface area contributed by atoms with Crippen molar-refractivity contribution >= 4 is 0 Å². The van der Waals surface area contributed by atoms with Gasteiger partial charge in [0.15, 0.2) is 0 Å². The molecule has 17 heavy (non-hydrogen) atoms. The van der Waals surface area contributed by atoms with E-state index in [2.05, 4.69) is 9.72 Å². The van der Waals surface area contributed by atoms with Gasteiger partial charge in [0.1, 0.15) is 5.67 Å². The lowest BCUT2D eigenvalue weighted by Gasteiger charge is -2.38. The number of rotatable bonds is 2. The molecule has 1 N–H and O–H groups in total. The van der Waals surface area contributed by atoms with Gasteiger partial charge in [0.2, 0.25) is 5.88 Å². The molecule has 0 bridgehead atoms. The highest BCUT2D eigenvalue weighted by molar-refractivity contribution is 5.34. The Balaban J connectivity index is 2.28. The van der Waals surface area contributed by atoms with Crippen LogP contribution < -0.4 is 4.74 Å². The minimum atomic E-state index is -4.91. The van der Waals surface area contributed by atoms with E-state index in [9.17, 15) is 17.6 Å². The van der Waals surface area contributed by atoms with Crippen molar-refractivity contribution in [1.29, 1.82) is 0 Å². The first-order valence-corrected chi connectivity index (χ1v) is 4.88. The third kappa shape index (κ3) is 2.49. The minimum absolute atomic E-state index is 0.243. The number of hydrogen-bond donors (Lipinski definition) is 1. The molecular formula is C10H9F4NO2. The average Bonchev–Trinajstić information content (AvgIpc) is 2.13. The maximum atomic E-state index is 14.1. The number of aromatic nitrogens is 1. The fourth-order valence-electron chi connectivity index (χ4n) is 1.83. The lowest BCUT2D eigenvalue weighted by atomic mass is 9.75. The molecule has 0 radical (unpaired) electrons. The molecule has 0 unspecified atom stereocenters. The second kappa shape index (κ2) is 3.83. The highest BCUT2D eigenvalue weighted by Crippen LogP contribution is 2.48. The zero-order chi connectivity index (χ0) is 12.7. The van der Waals surface area contributed by atoms with E-state index in [1.807, 2.05) is 0 Å². The first-order chi connectivity index (χ1) is 7.80. The Morgan fingerprint density at radius 2 is 2.06 bits per heavy atom. The summed E-state index contributed by atoms with van der Waals surface area (Å²) in [6, 6.07) is 2.50. The van der Waals surface area contributed by atoms with Crippen molar-refractivity contribution in [3.05, 3.63) is 23.9 Å². The molecule has 0 saturated heterocycles. The number of pyridine rings is 1. The minimum Gasteiger partial charge on any atom is -0.393 e. The van der Waals surface area contributed by atoms with Gasteiger partial charge >= 0.3 is 6.36 Å². The Morgan fingerprint density at radius 3 is 2.59 bits per heavy atom. The van der Waals surface area contributed by atoms with E-state index in [1.54, 1.807) is 0 Å². The van der Waals surface area contributed by atoms with Crippen molar-refractivity contribution in [2.75, 3.05) is 0 Å². The summed E-state index contributed by atoms with van der Waals surface area (Å²) >= 11 is 0. The van der Waals surface area contributed by atoms with E-state index in [-0.39, 0.29) is 18.4 Å². The highest BCUT2D eigenvalue weighted by atomic mass is 19.4. The van der Waals surface area contributed by atoms with E-state index in [0.717, 1.165) is 6.20 Å². The predicted octanol–water partition coefficient (Wildman–Crippen LogP) is 2.30. The fraction of sp³-hybridized carbons (Fsp3) is 0.500.